The van der Waals surface area contributed by atoms with Crippen LogP contribution in [0.4, 0.5) is 0 Å². The Labute approximate surface area is 122 Å². The number of fused-ring (bicyclic) bond motifs is 3. The van der Waals surface area contributed by atoms with E-state index in [0.29, 0.717) is 0 Å². The molecule has 3 unspecified atom stereocenters. The minimum atomic E-state index is -0.801. The topological polar surface area (TPSA) is 89.3 Å². The highest BCUT2D eigenvalue weighted by atomic mass is 16.9. The van der Waals surface area contributed by atoms with E-state index < -0.39 is 47.2 Å². The Morgan fingerprint density at radius 1 is 0.952 bits per heavy atom. The molecule has 3 aliphatic rings. The van der Waals surface area contributed by atoms with Crippen molar-refractivity contribution in [3.05, 3.63) is 22.4 Å². The lowest BCUT2D eigenvalue weighted by atomic mass is 9.99. The molecule has 8 heteroatoms. The van der Waals surface area contributed by atoms with Crippen molar-refractivity contribution >= 4 is 0 Å². The first-order chi connectivity index (χ1) is 9.67. The fraction of sp³-hybridized carbons (Fsp3) is 0.846. The molecular formula is C13H19NO7. The Balaban J connectivity index is 1.86. The van der Waals surface area contributed by atoms with E-state index in [1.54, 1.807) is 27.7 Å². The summed E-state index contributed by atoms with van der Waals surface area (Å²) in [6.45, 7) is 7.14. The van der Waals surface area contributed by atoms with E-state index in [4.69, 9.17) is 23.7 Å². The molecule has 21 heavy (non-hydrogen) atoms. The second-order valence-corrected chi connectivity index (χ2v) is 6.26. The molecule has 8 nitrogen and oxygen atoms in total. The molecule has 3 rings (SSSR count). The number of hydrogen-bond donors (Lipinski definition) is 0. The van der Waals surface area contributed by atoms with Crippen LogP contribution in [0.1, 0.15) is 27.7 Å². The van der Waals surface area contributed by atoms with Gasteiger partial charge in [0.05, 0.1) is 4.92 Å². The number of rotatable bonds is 2. The van der Waals surface area contributed by atoms with E-state index in [2.05, 4.69) is 0 Å². The summed E-state index contributed by atoms with van der Waals surface area (Å²) in [4.78, 5) is 9.99. The molecule has 0 radical (unpaired) electrons. The lowest BCUT2D eigenvalue weighted by Crippen LogP contribution is -2.54. The van der Waals surface area contributed by atoms with Crippen LogP contribution in [-0.2, 0) is 23.7 Å². The van der Waals surface area contributed by atoms with Gasteiger partial charge in [-0.1, -0.05) is 0 Å². The van der Waals surface area contributed by atoms with E-state index in [0.717, 1.165) is 6.20 Å². The summed E-state index contributed by atoms with van der Waals surface area (Å²) in [6, 6.07) is 0. The predicted octanol–water partition coefficient (Wildman–Crippen LogP) is 1.17. The van der Waals surface area contributed by atoms with Crippen molar-refractivity contribution in [1.29, 1.82) is 0 Å². The third-order valence-electron chi connectivity index (χ3n) is 3.59. The Morgan fingerprint density at radius 2 is 1.52 bits per heavy atom. The first-order valence-electron chi connectivity index (χ1n) is 6.85. The molecule has 0 aromatic carbocycles. The molecule has 0 aliphatic carbocycles. The normalized spacial score (nSPS) is 43.7. The molecular weight excluding hydrogens is 282 g/mol. The average molecular weight is 301 g/mol. The van der Waals surface area contributed by atoms with Gasteiger partial charge in [0.2, 0.25) is 6.20 Å². The summed E-state index contributed by atoms with van der Waals surface area (Å²) in [7, 11) is 0. The Morgan fingerprint density at radius 3 is 2.19 bits per heavy atom. The van der Waals surface area contributed by atoms with Crippen LogP contribution in [0.2, 0.25) is 0 Å². The van der Waals surface area contributed by atoms with E-state index >= 15 is 0 Å². The Kier molecular flexibility index (Phi) is 3.34. The lowest BCUT2D eigenvalue weighted by molar-refractivity contribution is -0.403. The Bertz CT molecular complexity index is 475. The van der Waals surface area contributed by atoms with Gasteiger partial charge in [0.1, 0.15) is 24.4 Å². The molecule has 0 saturated carbocycles. The van der Waals surface area contributed by atoms with Crippen molar-refractivity contribution in [2.75, 3.05) is 0 Å². The maximum atomic E-state index is 10.5. The third-order valence-corrected chi connectivity index (χ3v) is 3.59. The van der Waals surface area contributed by atoms with Crippen LogP contribution in [0.3, 0.4) is 0 Å². The van der Waals surface area contributed by atoms with E-state index in [-0.39, 0.29) is 0 Å². The van der Waals surface area contributed by atoms with E-state index in [1.165, 1.54) is 6.08 Å². The molecule has 3 saturated heterocycles. The molecule has 0 aromatic heterocycles. The van der Waals surface area contributed by atoms with Crippen LogP contribution in [0.5, 0.6) is 0 Å². The average Bonchev–Trinajstić information content (AvgIpc) is 2.80. The molecule has 3 fully saturated rings. The van der Waals surface area contributed by atoms with Crippen molar-refractivity contribution in [2.45, 2.75) is 70.0 Å². The largest absolute Gasteiger partial charge is 0.342 e. The highest BCUT2D eigenvalue weighted by molar-refractivity contribution is 5.05. The molecule has 0 spiro atoms. The van der Waals surface area contributed by atoms with Gasteiger partial charge in [-0.2, -0.15) is 0 Å². The Hall–Kier alpha value is -1.06. The van der Waals surface area contributed by atoms with Crippen LogP contribution < -0.4 is 0 Å². The van der Waals surface area contributed by atoms with Crippen LogP contribution in [0, 0.1) is 10.1 Å². The molecule has 0 aromatic rings. The summed E-state index contributed by atoms with van der Waals surface area (Å²) in [6.07, 6.45) is -0.365. The van der Waals surface area contributed by atoms with Crippen molar-refractivity contribution in [3.63, 3.8) is 0 Å². The minimum absolute atomic E-state index is 0.401. The quantitative estimate of drug-likeness (QED) is 0.558. The van der Waals surface area contributed by atoms with Gasteiger partial charge in [-0.15, -0.1) is 0 Å². The van der Waals surface area contributed by atoms with Gasteiger partial charge < -0.3 is 23.7 Å². The molecule has 0 amide bonds. The number of hydrogen-bond acceptors (Lipinski definition) is 7. The first kappa shape index (κ1) is 14.9. The van der Waals surface area contributed by atoms with Crippen molar-refractivity contribution in [2.24, 2.45) is 0 Å². The SMILES string of the molecule is CC1(C)OC2C3OC(C)(C)O[C@H]3C(/C=C/[N+](=O)[O-])O[C@@H]2O1. The zero-order chi connectivity index (χ0) is 15.4. The van der Waals surface area contributed by atoms with Crippen LogP contribution in [0.25, 0.3) is 0 Å². The fourth-order valence-electron chi connectivity index (χ4n) is 2.95. The highest BCUT2D eigenvalue weighted by Gasteiger charge is 2.60. The van der Waals surface area contributed by atoms with Gasteiger partial charge in [0.25, 0.3) is 0 Å². The van der Waals surface area contributed by atoms with Gasteiger partial charge in [0.15, 0.2) is 17.9 Å². The summed E-state index contributed by atoms with van der Waals surface area (Å²) >= 11 is 0. The number of ether oxygens (including phenoxy) is 5. The van der Waals surface area contributed by atoms with Crippen LogP contribution in [-0.4, -0.2) is 47.2 Å². The molecule has 3 aliphatic heterocycles. The molecule has 118 valence electrons. The zero-order valence-corrected chi connectivity index (χ0v) is 12.3. The predicted molar refractivity (Wildman–Crippen MR) is 68.7 cm³/mol. The van der Waals surface area contributed by atoms with Gasteiger partial charge in [-0.3, -0.25) is 10.1 Å². The monoisotopic (exact) mass is 301 g/mol. The van der Waals surface area contributed by atoms with Crippen molar-refractivity contribution in [3.8, 4) is 0 Å². The third kappa shape index (κ3) is 2.82. The van der Waals surface area contributed by atoms with Crippen LogP contribution in [0.15, 0.2) is 12.3 Å². The second kappa shape index (κ2) is 4.72. The second-order valence-electron chi connectivity index (χ2n) is 6.26. The minimum Gasteiger partial charge on any atom is -0.342 e. The van der Waals surface area contributed by atoms with Gasteiger partial charge >= 0.3 is 0 Å². The standard InChI is InChI=1S/C13H19NO7/c1-12(2)18-8-7(5-6-14(15)16)17-11-10(9(8)19-12)20-13(3,4)21-11/h5-11H,1-4H3/b6-5+/t7?,8-,9?,10?,11+/m0/s1. The first-order valence-corrected chi connectivity index (χ1v) is 6.85. The zero-order valence-electron chi connectivity index (χ0n) is 12.3. The lowest BCUT2D eigenvalue weighted by Gasteiger charge is -2.35. The molecule has 5 atom stereocenters. The molecule has 3 heterocycles. The smallest absolute Gasteiger partial charge is 0.233 e. The maximum absolute atomic E-state index is 10.5. The number of nitrogens with zero attached hydrogens (tertiary/aromatic N) is 1. The summed E-state index contributed by atoms with van der Waals surface area (Å²) in [5.74, 6) is -1.60. The molecule has 0 N–H and O–H groups in total. The van der Waals surface area contributed by atoms with Gasteiger partial charge in [-0.05, 0) is 27.7 Å². The van der Waals surface area contributed by atoms with E-state index in [9.17, 15) is 10.1 Å². The van der Waals surface area contributed by atoms with Gasteiger partial charge in [-0.25, -0.2) is 0 Å². The maximum Gasteiger partial charge on any atom is 0.233 e. The summed E-state index contributed by atoms with van der Waals surface area (Å²) in [5.41, 5.74) is 0. The van der Waals surface area contributed by atoms with Crippen molar-refractivity contribution < 1.29 is 28.6 Å². The number of nitro groups is 1. The van der Waals surface area contributed by atoms with E-state index in [1.807, 2.05) is 0 Å². The highest BCUT2D eigenvalue weighted by Crippen LogP contribution is 2.44. The molecule has 0 bridgehead atoms. The van der Waals surface area contributed by atoms with Gasteiger partial charge in [0, 0.05) is 6.08 Å². The fourth-order valence-corrected chi connectivity index (χ4v) is 2.95. The summed E-state index contributed by atoms with van der Waals surface area (Å²) < 4.78 is 29.0. The van der Waals surface area contributed by atoms with Crippen molar-refractivity contribution in [1.82, 2.24) is 0 Å². The summed E-state index contributed by atoms with van der Waals surface area (Å²) in [5, 5.41) is 10.5. The van der Waals surface area contributed by atoms with Crippen LogP contribution >= 0.6 is 0 Å².